The van der Waals surface area contributed by atoms with Gasteiger partial charge in [0.1, 0.15) is 17.0 Å². The Morgan fingerprint density at radius 1 is 1.03 bits per heavy atom. The molecule has 2 amide bonds. The number of fused-ring (bicyclic) bond motifs is 1. The van der Waals surface area contributed by atoms with Gasteiger partial charge < -0.3 is 20.0 Å². The molecule has 4 heterocycles. The van der Waals surface area contributed by atoms with Crippen LogP contribution in [0.3, 0.4) is 0 Å². The van der Waals surface area contributed by atoms with Gasteiger partial charge in [0.2, 0.25) is 11.7 Å². The summed E-state index contributed by atoms with van der Waals surface area (Å²) in [6, 6.07) is 7.66. The summed E-state index contributed by atoms with van der Waals surface area (Å²) in [5, 5.41) is 5.72. The Morgan fingerprint density at radius 3 is 2.55 bits per heavy atom. The van der Waals surface area contributed by atoms with E-state index in [0.717, 1.165) is 31.2 Å². The van der Waals surface area contributed by atoms with E-state index >= 15 is 0 Å². The van der Waals surface area contributed by atoms with Gasteiger partial charge in [-0.3, -0.25) is 14.6 Å². The SMILES string of the molecule is Cc1ccc(NC(=O)c2oc3cccnc3c2NC(=O)[C@H]2CC[C@H](N3CCCC3)CC2)nc1. The van der Waals surface area contributed by atoms with E-state index in [1.54, 1.807) is 30.6 Å². The number of aryl methyl sites for hydroxylation is 1. The van der Waals surface area contributed by atoms with Crippen molar-refractivity contribution in [1.82, 2.24) is 14.9 Å². The van der Waals surface area contributed by atoms with Gasteiger partial charge in [-0.2, -0.15) is 0 Å². The van der Waals surface area contributed by atoms with Gasteiger partial charge in [0.05, 0.1) is 0 Å². The van der Waals surface area contributed by atoms with Gasteiger partial charge >= 0.3 is 0 Å². The summed E-state index contributed by atoms with van der Waals surface area (Å²) in [6.45, 7) is 4.29. The molecule has 0 atom stereocenters. The van der Waals surface area contributed by atoms with Crippen molar-refractivity contribution >= 4 is 34.4 Å². The zero-order valence-electron chi connectivity index (χ0n) is 18.8. The number of hydrogen-bond acceptors (Lipinski definition) is 6. The van der Waals surface area contributed by atoms with Crippen molar-refractivity contribution in [3.63, 3.8) is 0 Å². The standard InChI is InChI=1S/C25H29N5O3/c1-16-6-11-20(27-15-16)28-25(32)23-22(21-19(33-23)5-4-12-26-21)29-24(31)17-7-9-18(10-8-17)30-13-2-3-14-30/h4-6,11-12,15,17-18H,2-3,7-10,13-14H2,1H3,(H,29,31)(H,27,28,32)/t17-,18-. The number of carbonyl (C=O) groups excluding carboxylic acids is 2. The number of nitrogens with one attached hydrogen (secondary N) is 2. The third-order valence-electron chi connectivity index (χ3n) is 6.78. The highest BCUT2D eigenvalue weighted by molar-refractivity contribution is 6.13. The first kappa shape index (κ1) is 21.6. The summed E-state index contributed by atoms with van der Waals surface area (Å²) >= 11 is 0. The maximum absolute atomic E-state index is 13.2. The number of pyridine rings is 2. The minimum absolute atomic E-state index is 0.0326. The zero-order chi connectivity index (χ0) is 22.8. The van der Waals surface area contributed by atoms with E-state index in [1.165, 1.54) is 25.9 Å². The summed E-state index contributed by atoms with van der Waals surface area (Å²) < 4.78 is 5.81. The minimum atomic E-state index is -0.475. The van der Waals surface area contributed by atoms with Crippen molar-refractivity contribution in [2.45, 2.75) is 51.5 Å². The van der Waals surface area contributed by atoms with Crippen LogP contribution in [0.2, 0.25) is 0 Å². The van der Waals surface area contributed by atoms with Crippen LogP contribution in [0.5, 0.6) is 0 Å². The van der Waals surface area contributed by atoms with Crippen molar-refractivity contribution in [2.75, 3.05) is 23.7 Å². The number of hydrogen-bond donors (Lipinski definition) is 2. The molecule has 2 fully saturated rings. The monoisotopic (exact) mass is 447 g/mol. The molecule has 2 aliphatic rings. The van der Waals surface area contributed by atoms with Gasteiger partial charge in [0.15, 0.2) is 5.58 Å². The molecule has 1 saturated heterocycles. The topological polar surface area (TPSA) is 100 Å². The second-order valence-electron chi connectivity index (χ2n) is 9.07. The number of likely N-dealkylation sites (tertiary alicyclic amines) is 1. The number of rotatable bonds is 5. The molecule has 8 heteroatoms. The van der Waals surface area contributed by atoms with Gasteiger partial charge in [0.25, 0.3) is 5.91 Å². The van der Waals surface area contributed by atoms with Crippen molar-refractivity contribution in [3.05, 3.63) is 48.0 Å². The van der Waals surface area contributed by atoms with Crippen molar-refractivity contribution in [2.24, 2.45) is 5.92 Å². The third kappa shape index (κ3) is 4.61. The molecule has 5 rings (SSSR count). The smallest absolute Gasteiger partial charge is 0.294 e. The van der Waals surface area contributed by atoms with E-state index in [1.807, 2.05) is 13.0 Å². The molecular weight excluding hydrogens is 418 g/mol. The Bertz CT molecular complexity index is 1140. The predicted octanol–water partition coefficient (Wildman–Crippen LogP) is 4.38. The number of amides is 2. The Kier molecular flexibility index (Phi) is 6.09. The third-order valence-corrected chi connectivity index (χ3v) is 6.78. The molecule has 0 spiro atoms. The fourth-order valence-electron chi connectivity index (χ4n) is 4.96. The zero-order valence-corrected chi connectivity index (χ0v) is 18.8. The van der Waals surface area contributed by atoms with E-state index in [9.17, 15) is 9.59 Å². The van der Waals surface area contributed by atoms with Gasteiger partial charge in [0, 0.05) is 24.4 Å². The first-order valence-electron chi connectivity index (χ1n) is 11.7. The molecule has 0 aromatic carbocycles. The first-order chi connectivity index (χ1) is 16.1. The largest absolute Gasteiger partial charge is 0.447 e. The van der Waals surface area contributed by atoms with Crippen LogP contribution in [-0.4, -0.2) is 45.8 Å². The molecule has 8 nitrogen and oxygen atoms in total. The van der Waals surface area contributed by atoms with Crippen LogP contribution in [0.1, 0.15) is 54.6 Å². The Morgan fingerprint density at radius 2 is 1.82 bits per heavy atom. The average molecular weight is 448 g/mol. The molecule has 1 saturated carbocycles. The minimum Gasteiger partial charge on any atom is -0.447 e. The van der Waals surface area contributed by atoms with E-state index in [0.29, 0.717) is 28.6 Å². The van der Waals surface area contributed by atoms with E-state index in [2.05, 4.69) is 25.5 Å². The lowest BCUT2D eigenvalue weighted by Crippen LogP contribution is -2.38. The summed E-state index contributed by atoms with van der Waals surface area (Å²) in [6.07, 6.45) is 9.64. The molecule has 2 N–H and O–H groups in total. The molecule has 3 aromatic heterocycles. The molecule has 0 unspecified atom stereocenters. The number of nitrogens with zero attached hydrogens (tertiary/aromatic N) is 3. The highest BCUT2D eigenvalue weighted by atomic mass is 16.3. The fourth-order valence-corrected chi connectivity index (χ4v) is 4.96. The molecule has 3 aromatic rings. The van der Waals surface area contributed by atoms with Crippen molar-refractivity contribution in [1.29, 1.82) is 0 Å². The molecule has 33 heavy (non-hydrogen) atoms. The Balaban J connectivity index is 1.32. The fraction of sp³-hybridized carbons (Fsp3) is 0.440. The average Bonchev–Trinajstić information content (AvgIpc) is 3.50. The van der Waals surface area contributed by atoms with Crippen LogP contribution in [0.15, 0.2) is 41.1 Å². The molecule has 1 aliphatic heterocycles. The second-order valence-corrected chi connectivity index (χ2v) is 9.07. The highest BCUT2D eigenvalue weighted by Crippen LogP contribution is 2.33. The van der Waals surface area contributed by atoms with Crippen LogP contribution in [0.4, 0.5) is 11.5 Å². The number of anilines is 2. The maximum Gasteiger partial charge on any atom is 0.294 e. The lowest BCUT2D eigenvalue weighted by molar-refractivity contribution is -0.121. The number of furan rings is 1. The lowest BCUT2D eigenvalue weighted by atomic mass is 9.85. The number of aromatic nitrogens is 2. The van der Waals surface area contributed by atoms with Gasteiger partial charge in [-0.25, -0.2) is 4.98 Å². The molecular formula is C25H29N5O3. The maximum atomic E-state index is 13.2. The molecule has 172 valence electrons. The first-order valence-corrected chi connectivity index (χ1v) is 11.7. The van der Waals surface area contributed by atoms with Gasteiger partial charge in [-0.05, 0) is 82.3 Å². The van der Waals surface area contributed by atoms with Crippen LogP contribution < -0.4 is 10.6 Å². The molecule has 1 aliphatic carbocycles. The number of carbonyl (C=O) groups is 2. The van der Waals surface area contributed by atoms with Crippen molar-refractivity contribution < 1.29 is 14.0 Å². The predicted molar refractivity (Wildman–Crippen MR) is 126 cm³/mol. The summed E-state index contributed by atoms with van der Waals surface area (Å²) in [5.74, 6) is -0.183. The quantitative estimate of drug-likeness (QED) is 0.602. The van der Waals surface area contributed by atoms with Crippen LogP contribution >= 0.6 is 0 Å². The van der Waals surface area contributed by atoms with E-state index in [-0.39, 0.29) is 17.6 Å². The van der Waals surface area contributed by atoms with Gasteiger partial charge in [-0.1, -0.05) is 6.07 Å². The Labute approximate surface area is 192 Å². The van der Waals surface area contributed by atoms with Crippen molar-refractivity contribution in [3.8, 4) is 0 Å². The van der Waals surface area contributed by atoms with Gasteiger partial charge in [-0.15, -0.1) is 0 Å². The van der Waals surface area contributed by atoms with E-state index in [4.69, 9.17) is 4.42 Å². The lowest BCUT2D eigenvalue weighted by Gasteiger charge is -2.33. The molecule has 0 radical (unpaired) electrons. The van der Waals surface area contributed by atoms with Crippen LogP contribution in [0.25, 0.3) is 11.1 Å². The second kappa shape index (κ2) is 9.31. The summed E-state index contributed by atoms with van der Waals surface area (Å²) in [5.41, 5.74) is 2.24. The normalized spacial score (nSPS) is 21.2. The van der Waals surface area contributed by atoms with Crippen LogP contribution in [0, 0.1) is 12.8 Å². The summed E-state index contributed by atoms with van der Waals surface area (Å²) in [7, 11) is 0. The molecule has 0 bridgehead atoms. The van der Waals surface area contributed by atoms with Crippen LogP contribution in [-0.2, 0) is 4.79 Å². The van der Waals surface area contributed by atoms with E-state index < -0.39 is 5.91 Å². The summed E-state index contributed by atoms with van der Waals surface area (Å²) in [4.78, 5) is 37.3. The Hall–Kier alpha value is -3.26. The highest BCUT2D eigenvalue weighted by Gasteiger charge is 2.32.